The van der Waals surface area contributed by atoms with Crippen molar-refractivity contribution in [1.82, 2.24) is 14.7 Å². The first kappa shape index (κ1) is 23.3. The van der Waals surface area contributed by atoms with Crippen LogP contribution in [-0.4, -0.2) is 105 Å². The number of nitrogens with zero attached hydrogens (tertiary/aromatic N) is 3. The third-order valence-corrected chi connectivity index (χ3v) is 6.63. The Labute approximate surface area is 194 Å². The number of likely N-dealkylation sites (tertiary alicyclic amines) is 1. The lowest BCUT2D eigenvalue weighted by atomic mass is 9.90. The summed E-state index contributed by atoms with van der Waals surface area (Å²) in [6.45, 7) is 6.83. The lowest BCUT2D eigenvalue weighted by Gasteiger charge is -2.40. The molecule has 0 spiro atoms. The van der Waals surface area contributed by atoms with Crippen LogP contribution in [0.25, 0.3) is 0 Å². The quantitative estimate of drug-likeness (QED) is 0.634. The number of hydrogen-bond donors (Lipinski definition) is 0. The summed E-state index contributed by atoms with van der Waals surface area (Å²) in [7, 11) is 0. The molecule has 3 saturated heterocycles. The van der Waals surface area contributed by atoms with Crippen molar-refractivity contribution in [3.05, 3.63) is 29.3 Å². The number of piperidine rings is 1. The minimum atomic E-state index is -0.131. The van der Waals surface area contributed by atoms with Gasteiger partial charge in [-0.3, -0.25) is 14.5 Å². The van der Waals surface area contributed by atoms with Gasteiger partial charge in [0.1, 0.15) is 11.9 Å². The Morgan fingerprint density at radius 2 is 1.56 bits per heavy atom. The topological polar surface area (TPSA) is 71.6 Å². The molecule has 0 radical (unpaired) electrons. The smallest absolute Gasteiger partial charge is 0.236 e. The Morgan fingerprint density at radius 1 is 0.906 bits per heavy atom. The third kappa shape index (κ3) is 6.34. The van der Waals surface area contributed by atoms with Crippen LogP contribution in [0.5, 0.6) is 5.75 Å². The largest absolute Gasteiger partial charge is 0.490 e. The van der Waals surface area contributed by atoms with Gasteiger partial charge in [-0.2, -0.15) is 0 Å². The predicted molar refractivity (Wildman–Crippen MR) is 120 cm³/mol. The molecule has 1 aromatic carbocycles. The fourth-order valence-corrected chi connectivity index (χ4v) is 4.62. The Kier molecular flexibility index (Phi) is 8.24. The zero-order valence-corrected chi connectivity index (χ0v) is 19.2. The molecule has 2 atom stereocenters. The second-order valence-electron chi connectivity index (χ2n) is 8.58. The van der Waals surface area contributed by atoms with Crippen LogP contribution < -0.4 is 4.74 Å². The molecular weight excluding hydrogens is 434 g/mol. The highest BCUT2D eigenvalue weighted by atomic mass is 35.5. The van der Waals surface area contributed by atoms with Crippen molar-refractivity contribution in [3.63, 3.8) is 0 Å². The molecule has 4 rings (SSSR count). The summed E-state index contributed by atoms with van der Waals surface area (Å²) in [6, 6.07) is 7.29. The van der Waals surface area contributed by atoms with Crippen molar-refractivity contribution >= 4 is 23.4 Å². The van der Waals surface area contributed by atoms with Crippen molar-refractivity contribution in [2.75, 3.05) is 72.2 Å². The van der Waals surface area contributed by atoms with E-state index in [-0.39, 0.29) is 23.8 Å². The molecule has 1 aromatic rings. The van der Waals surface area contributed by atoms with Gasteiger partial charge < -0.3 is 24.0 Å². The van der Waals surface area contributed by atoms with E-state index >= 15 is 0 Å². The van der Waals surface area contributed by atoms with E-state index in [4.69, 9.17) is 25.8 Å². The lowest BCUT2D eigenvalue weighted by Crippen LogP contribution is -2.53. The number of carbonyl (C=O) groups is 2. The predicted octanol–water partition coefficient (Wildman–Crippen LogP) is 1.52. The van der Waals surface area contributed by atoms with Crippen LogP contribution in [-0.2, 0) is 19.1 Å². The molecule has 32 heavy (non-hydrogen) atoms. The molecule has 0 unspecified atom stereocenters. The molecule has 2 amide bonds. The fraction of sp³-hybridized carbons (Fsp3) is 0.652. The van der Waals surface area contributed by atoms with Crippen molar-refractivity contribution in [2.24, 2.45) is 5.92 Å². The van der Waals surface area contributed by atoms with Gasteiger partial charge in [0, 0.05) is 63.1 Å². The summed E-state index contributed by atoms with van der Waals surface area (Å²) in [5, 5.41) is 0.653. The monoisotopic (exact) mass is 465 g/mol. The molecule has 0 aliphatic carbocycles. The minimum absolute atomic E-state index is 0.0663. The van der Waals surface area contributed by atoms with Crippen LogP contribution in [0.3, 0.4) is 0 Å². The Balaban J connectivity index is 1.40. The molecule has 9 heteroatoms. The number of hydrogen-bond acceptors (Lipinski definition) is 6. The van der Waals surface area contributed by atoms with Gasteiger partial charge >= 0.3 is 0 Å². The Morgan fingerprint density at radius 3 is 2.25 bits per heavy atom. The highest BCUT2D eigenvalue weighted by Crippen LogP contribution is 2.27. The van der Waals surface area contributed by atoms with Gasteiger partial charge in [0.2, 0.25) is 11.8 Å². The van der Waals surface area contributed by atoms with E-state index in [2.05, 4.69) is 4.90 Å². The molecule has 8 nitrogen and oxygen atoms in total. The lowest BCUT2D eigenvalue weighted by molar-refractivity contribution is -0.142. The Bertz CT molecular complexity index is 765. The third-order valence-electron chi connectivity index (χ3n) is 6.38. The van der Waals surface area contributed by atoms with Crippen molar-refractivity contribution < 1.29 is 23.8 Å². The number of halogens is 1. The van der Waals surface area contributed by atoms with Gasteiger partial charge in [0.25, 0.3) is 0 Å². The maximum atomic E-state index is 13.0. The van der Waals surface area contributed by atoms with Gasteiger partial charge in [0.05, 0.1) is 33.0 Å². The molecule has 3 heterocycles. The van der Waals surface area contributed by atoms with E-state index in [0.29, 0.717) is 77.0 Å². The minimum Gasteiger partial charge on any atom is -0.490 e. The molecule has 3 aliphatic heterocycles. The van der Waals surface area contributed by atoms with Crippen LogP contribution in [0.2, 0.25) is 5.02 Å². The molecule has 0 N–H and O–H groups in total. The summed E-state index contributed by atoms with van der Waals surface area (Å²) < 4.78 is 17.0. The maximum absolute atomic E-state index is 13.0. The standard InChI is InChI=1S/C23H32ClN3O5/c24-19-1-3-20(4-2-19)32-21-5-6-27(23(29)17-25-7-11-30-12-8-25)16-18(21)15-22(28)26-9-13-31-14-10-26/h1-4,18,21H,5-17H2/t18-,21-/m0/s1. The molecule has 3 aliphatic rings. The first-order chi connectivity index (χ1) is 15.6. The van der Waals surface area contributed by atoms with E-state index in [1.54, 1.807) is 12.1 Å². The van der Waals surface area contributed by atoms with Crippen LogP contribution in [0.1, 0.15) is 12.8 Å². The number of rotatable bonds is 6. The Hall–Kier alpha value is -1.87. The molecule has 176 valence electrons. The van der Waals surface area contributed by atoms with Crippen LogP contribution >= 0.6 is 11.6 Å². The second kappa shape index (κ2) is 11.3. The summed E-state index contributed by atoms with van der Waals surface area (Å²) in [5.74, 6) is 0.880. The van der Waals surface area contributed by atoms with Gasteiger partial charge in [0.15, 0.2) is 0 Å². The summed E-state index contributed by atoms with van der Waals surface area (Å²) in [5.41, 5.74) is 0. The number of ether oxygens (including phenoxy) is 3. The maximum Gasteiger partial charge on any atom is 0.236 e. The number of carbonyl (C=O) groups excluding carboxylic acids is 2. The fourth-order valence-electron chi connectivity index (χ4n) is 4.49. The van der Waals surface area contributed by atoms with Crippen LogP contribution in [0, 0.1) is 5.92 Å². The number of benzene rings is 1. The molecular formula is C23H32ClN3O5. The summed E-state index contributed by atoms with van der Waals surface area (Å²) in [6.07, 6.45) is 0.923. The zero-order chi connectivity index (χ0) is 22.3. The second-order valence-corrected chi connectivity index (χ2v) is 9.02. The van der Waals surface area contributed by atoms with Crippen LogP contribution in [0.4, 0.5) is 0 Å². The van der Waals surface area contributed by atoms with E-state index < -0.39 is 0 Å². The van der Waals surface area contributed by atoms with E-state index in [9.17, 15) is 9.59 Å². The molecule has 0 bridgehead atoms. The van der Waals surface area contributed by atoms with Gasteiger partial charge in [-0.1, -0.05) is 11.6 Å². The SMILES string of the molecule is O=C(C[C@H]1CN(C(=O)CN2CCOCC2)CC[C@@H]1Oc1ccc(Cl)cc1)N1CCOCC1. The van der Waals surface area contributed by atoms with E-state index in [1.165, 1.54) is 0 Å². The first-order valence-corrected chi connectivity index (χ1v) is 11.8. The summed E-state index contributed by atoms with van der Waals surface area (Å²) >= 11 is 6.00. The normalized spacial score (nSPS) is 24.9. The average molecular weight is 466 g/mol. The van der Waals surface area contributed by atoms with Crippen molar-refractivity contribution in [1.29, 1.82) is 0 Å². The zero-order valence-electron chi connectivity index (χ0n) is 18.4. The van der Waals surface area contributed by atoms with E-state index in [0.717, 1.165) is 18.8 Å². The number of morpholine rings is 2. The molecule has 0 aromatic heterocycles. The molecule has 0 saturated carbocycles. The average Bonchev–Trinajstić information content (AvgIpc) is 2.82. The summed E-state index contributed by atoms with van der Waals surface area (Å²) in [4.78, 5) is 31.8. The van der Waals surface area contributed by atoms with Crippen LogP contribution in [0.15, 0.2) is 24.3 Å². The van der Waals surface area contributed by atoms with E-state index in [1.807, 2.05) is 21.9 Å². The first-order valence-electron chi connectivity index (χ1n) is 11.4. The van der Waals surface area contributed by atoms with Gasteiger partial charge in [-0.05, 0) is 24.3 Å². The van der Waals surface area contributed by atoms with Gasteiger partial charge in [-0.25, -0.2) is 0 Å². The van der Waals surface area contributed by atoms with Gasteiger partial charge in [-0.15, -0.1) is 0 Å². The highest BCUT2D eigenvalue weighted by Gasteiger charge is 2.36. The van der Waals surface area contributed by atoms with Crippen molar-refractivity contribution in [3.8, 4) is 5.75 Å². The number of amides is 2. The molecule has 3 fully saturated rings. The highest BCUT2D eigenvalue weighted by molar-refractivity contribution is 6.30. The van der Waals surface area contributed by atoms with Crippen molar-refractivity contribution in [2.45, 2.75) is 18.9 Å².